The Morgan fingerprint density at radius 2 is 2.00 bits per heavy atom. The second-order valence-corrected chi connectivity index (χ2v) is 4.46. The largest absolute Gasteiger partial charge is 0.338 e. The molecule has 2 fully saturated rings. The molecule has 0 aromatic rings. The van der Waals surface area contributed by atoms with E-state index >= 15 is 0 Å². The molecule has 0 spiro atoms. The maximum Gasteiger partial charge on any atom is 0.237 e. The molecule has 2 aliphatic heterocycles. The number of halogens is 1. The second kappa shape index (κ2) is 5.14. The fourth-order valence-corrected chi connectivity index (χ4v) is 2.09. The third kappa shape index (κ3) is 2.62. The first-order chi connectivity index (χ1) is 6.68. The maximum absolute atomic E-state index is 11.8. The topological polar surface area (TPSA) is 35.6 Å². The summed E-state index contributed by atoms with van der Waals surface area (Å²) >= 11 is 0. The van der Waals surface area contributed by atoms with E-state index in [1.807, 2.05) is 4.90 Å². The Kier molecular flexibility index (Phi) is 4.37. The molecular weight excluding hydrogens is 214 g/mol. The summed E-state index contributed by atoms with van der Waals surface area (Å²) in [6, 6.07) is 0.956. The molecule has 0 saturated carbocycles. The molecule has 0 unspecified atom stereocenters. The zero-order valence-electron chi connectivity index (χ0n) is 9.40. The Labute approximate surface area is 97.4 Å². The normalized spacial score (nSPS) is 23.9. The van der Waals surface area contributed by atoms with Crippen molar-refractivity contribution >= 4 is 18.3 Å². The van der Waals surface area contributed by atoms with E-state index in [2.05, 4.69) is 24.1 Å². The maximum atomic E-state index is 11.8. The predicted octanol–water partition coefficient (Wildman–Crippen LogP) is -0.0674. The number of hydrogen-bond donors (Lipinski definition) is 1. The van der Waals surface area contributed by atoms with Crippen LogP contribution in [-0.2, 0) is 4.79 Å². The average Bonchev–Trinajstić information content (AvgIpc) is 2.00. The number of hydrogen-bond acceptors (Lipinski definition) is 3. The molecular formula is C10H20ClN3O. The molecule has 2 heterocycles. The first-order valence-electron chi connectivity index (χ1n) is 5.42. The molecule has 0 aromatic carbocycles. The van der Waals surface area contributed by atoms with E-state index < -0.39 is 0 Å². The lowest BCUT2D eigenvalue weighted by molar-refractivity contribution is -0.139. The van der Waals surface area contributed by atoms with Gasteiger partial charge in [-0.15, -0.1) is 12.4 Å². The van der Waals surface area contributed by atoms with Crippen LogP contribution in [-0.4, -0.2) is 60.5 Å². The van der Waals surface area contributed by atoms with Crippen LogP contribution < -0.4 is 5.32 Å². The molecule has 2 aliphatic rings. The van der Waals surface area contributed by atoms with Crippen molar-refractivity contribution in [3.8, 4) is 0 Å². The summed E-state index contributed by atoms with van der Waals surface area (Å²) in [5, 5.41) is 3.24. The number of carbonyl (C=O) groups is 1. The van der Waals surface area contributed by atoms with Crippen LogP contribution >= 0.6 is 12.4 Å². The molecule has 15 heavy (non-hydrogen) atoms. The molecule has 2 saturated heterocycles. The zero-order chi connectivity index (χ0) is 10.1. The number of rotatable bonds is 2. The third-order valence-electron chi connectivity index (χ3n) is 3.19. The molecule has 88 valence electrons. The van der Waals surface area contributed by atoms with E-state index in [1.165, 1.54) is 0 Å². The van der Waals surface area contributed by atoms with Crippen molar-refractivity contribution in [2.45, 2.75) is 25.9 Å². The summed E-state index contributed by atoms with van der Waals surface area (Å²) in [6.45, 7) is 8.81. The van der Waals surface area contributed by atoms with Crippen LogP contribution in [0.2, 0.25) is 0 Å². The van der Waals surface area contributed by atoms with Crippen molar-refractivity contribution in [3.05, 3.63) is 0 Å². The van der Waals surface area contributed by atoms with Gasteiger partial charge in [0.15, 0.2) is 0 Å². The van der Waals surface area contributed by atoms with Crippen molar-refractivity contribution in [2.75, 3.05) is 32.7 Å². The Morgan fingerprint density at radius 3 is 2.40 bits per heavy atom. The number of nitrogens with zero attached hydrogens (tertiary/aromatic N) is 2. The molecule has 0 radical (unpaired) electrons. The quantitative estimate of drug-likeness (QED) is 0.726. The summed E-state index contributed by atoms with van der Waals surface area (Å²) in [5.41, 5.74) is 0. The van der Waals surface area contributed by atoms with Crippen LogP contribution in [0, 0.1) is 0 Å². The van der Waals surface area contributed by atoms with Crippen molar-refractivity contribution in [1.82, 2.24) is 15.1 Å². The molecule has 1 N–H and O–H groups in total. The Bertz CT molecular complexity index is 231. The molecule has 1 amide bonds. The average molecular weight is 234 g/mol. The molecule has 2 rings (SSSR count). The lowest BCUT2D eigenvalue weighted by Crippen LogP contribution is -2.63. The van der Waals surface area contributed by atoms with Gasteiger partial charge in [0.2, 0.25) is 5.91 Å². The van der Waals surface area contributed by atoms with E-state index in [9.17, 15) is 4.79 Å². The van der Waals surface area contributed by atoms with Gasteiger partial charge < -0.3 is 10.2 Å². The zero-order valence-corrected chi connectivity index (χ0v) is 10.2. The van der Waals surface area contributed by atoms with Crippen LogP contribution in [0.4, 0.5) is 0 Å². The Hall–Kier alpha value is -0.320. The highest BCUT2D eigenvalue weighted by molar-refractivity contribution is 5.85. The second-order valence-electron chi connectivity index (χ2n) is 4.46. The summed E-state index contributed by atoms with van der Waals surface area (Å²) in [4.78, 5) is 16.0. The highest BCUT2D eigenvalue weighted by atomic mass is 35.5. The van der Waals surface area contributed by atoms with Gasteiger partial charge in [-0.3, -0.25) is 9.69 Å². The van der Waals surface area contributed by atoms with E-state index in [-0.39, 0.29) is 18.3 Å². The number of amides is 1. The van der Waals surface area contributed by atoms with Crippen molar-refractivity contribution in [3.63, 3.8) is 0 Å². The molecule has 0 aliphatic carbocycles. The van der Waals surface area contributed by atoms with E-state index in [0.717, 1.165) is 26.2 Å². The first-order valence-corrected chi connectivity index (χ1v) is 5.42. The van der Waals surface area contributed by atoms with Crippen molar-refractivity contribution in [2.24, 2.45) is 0 Å². The highest BCUT2D eigenvalue weighted by Crippen LogP contribution is 2.12. The fraction of sp³-hybridized carbons (Fsp3) is 0.900. The van der Waals surface area contributed by atoms with Crippen LogP contribution in [0.3, 0.4) is 0 Å². The summed E-state index contributed by atoms with van der Waals surface area (Å²) < 4.78 is 0. The van der Waals surface area contributed by atoms with Gasteiger partial charge in [-0.25, -0.2) is 0 Å². The number of carbonyl (C=O) groups excluding carboxylic acids is 1. The van der Waals surface area contributed by atoms with Crippen molar-refractivity contribution in [1.29, 1.82) is 0 Å². The monoisotopic (exact) mass is 233 g/mol. The number of piperazine rings is 1. The lowest BCUT2D eigenvalue weighted by atomic mass is 10.1. The molecule has 0 aromatic heterocycles. The Morgan fingerprint density at radius 1 is 1.33 bits per heavy atom. The van der Waals surface area contributed by atoms with E-state index in [1.54, 1.807) is 0 Å². The van der Waals surface area contributed by atoms with E-state index in [0.29, 0.717) is 18.6 Å². The minimum atomic E-state index is 0. The number of nitrogens with one attached hydrogen (secondary N) is 1. The minimum Gasteiger partial charge on any atom is -0.338 e. The fourth-order valence-electron chi connectivity index (χ4n) is 2.09. The Balaban J connectivity index is 0.00000112. The summed E-state index contributed by atoms with van der Waals surface area (Å²) in [5.74, 6) is 0.290. The summed E-state index contributed by atoms with van der Waals surface area (Å²) in [6.07, 6.45) is 0. The van der Waals surface area contributed by atoms with Crippen molar-refractivity contribution < 1.29 is 4.79 Å². The molecule has 5 heteroatoms. The van der Waals surface area contributed by atoms with Crippen LogP contribution in [0.5, 0.6) is 0 Å². The molecule has 0 atom stereocenters. The van der Waals surface area contributed by atoms with Crippen LogP contribution in [0.25, 0.3) is 0 Å². The minimum absolute atomic E-state index is 0. The van der Waals surface area contributed by atoms with Crippen LogP contribution in [0.15, 0.2) is 0 Å². The predicted molar refractivity (Wildman–Crippen MR) is 62.3 cm³/mol. The van der Waals surface area contributed by atoms with Gasteiger partial charge in [0.05, 0.1) is 6.54 Å². The van der Waals surface area contributed by atoms with Gasteiger partial charge in [-0.1, -0.05) is 0 Å². The highest BCUT2D eigenvalue weighted by Gasteiger charge is 2.32. The van der Waals surface area contributed by atoms with Crippen LogP contribution in [0.1, 0.15) is 13.8 Å². The first kappa shape index (κ1) is 12.7. The van der Waals surface area contributed by atoms with Gasteiger partial charge in [0.25, 0.3) is 0 Å². The SMILES string of the molecule is CC(C)N1CCN(C2CNC2)CC1=O.Cl. The van der Waals surface area contributed by atoms with Gasteiger partial charge in [0.1, 0.15) is 0 Å². The molecule has 4 nitrogen and oxygen atoms in total. The molecule has 0 bridgehead atoms. The van der Waals surface area contributed by atoms with Gasteiger partial charge in [0, 0.05) is 38.3 Å². The smallest absolute Gasteiger partial charge is 0.237 e. The van der Waals surface area contributed by atoms with Gasteiger partial charge in [-0.2, -0.15) is 0 Å². The van der Waals surface area contributed by atoms with Gasteiger partial charge in [-0.05, 0) is 13.8 Å². The van der Waals surface area contributed by atoms with Gasteiger partial charge >= 0.3 is 0 Å². The summed E-state index contributed by atoms with van der Waals surface area (Å²) in [7, 11) is 0. The standard InChI is InChI=1S/C10H19N3O.ClH/c1-8(2)13-4-3-12(7-10(13)14)9-5-11-6-9;/h8-9,11H,3-7H2,1-2H3;1H. The lowest BCUT2D eigenvalue weighted by Gasteiger charge is -2.43. The third-order valence-corrected chi connectivity index (χ3v) is 3.19. The van der Waals surface area contributed by atoms with E-state index in [4.69, 9.17) is 0 Å².